The minimum absolute atomic E-state index is 0.0711. The zero-order chi connectivity index (χ0) is 22.1. The quantitative estimate of drug-likeness (QED) is 0.559. The molecule has 1 atom stereocenters. The predicted molar refractivity (Wildman–Crippen MR) is 122 cm³/mol. The molecular weight excluding hydrogens is 400 g/mol. The zero-order valence-corrected chi connectivity index (χ0v) is 19.1. The maximum absolute atomic E-state index is 12.2. The fourth-order valence-corrected chi connectivity index (χ4v) is 5.03. The highest BCUT2D eigenvalue weighted by molar-refractivity contribution is 5.75. The normalized spacial score (nSPS) is 17.9. The second-order valence-electron chi connectivity index (χ2n) is 9.53. The molecule has 3 aromatic heterocycles. The van der Waals surface area contributed by atoms with Gasteiger partial charge in [0.15, 0.2) is 12.4 Å². The Kier molecular flexibility index (Phi) is 5.81. The maximum atomic E-state index is 12.2. The molecule has 2 aliphatic carbocycles. The number of rotatable bonds is 7. The Morgan fingerprint density at radius 3 is 2.75 bits per heavy atom. The number of H-pyrrole nitrogens is 1. The highest BCUT2D eigenvalue weighted by Gasteiger charge is 2.30. The number of nitrogens with one attached hydrogen (secondary N) is 2. The van der Waals surface area contributed by atoms with Crippen LogP contribution in [0.15, 0.2) is 36.7 Å². The average molecular weight is 434 g/mol. The van der Waals surface area contributed by atoms with Crippen molar-refractivity contribution < 1.29 is 9.36 Å². The predicted octanol–water partition coefficient (Wildman–Crippen LogP) is 3.63. The van der Waals surface area contributed by atoms with Crippen LogP contribution < -0.4 is 9.88 Å². The van der Waals surface area contributed by atoms with Crippen molar-refractivity contribution >= 4 is 5.91 Å². The second kappa shape index (κ2) is 8.88. The summed E-state index contributed by atoms with van der Waals surface area (Å²) in [7, 11) is 0. The Labute approximate surface area is 189 Å². The van der Waals surface area contributed by atoms with Crippen LogP contribution in [0.5, 0.6) is 0 Å². The first-order valence-corrected chi connectivity index (χ1v) is 11.9. The van der Waals surface area contributed by atoms with Crippen molar-refractivity contribution in [3.63, 3.8) is 0 Å². The van der Waals surface area contributed by atoms with Gasteiger partial charge in [-0.05, 0) is 63.6 Å². The Morgan fingerprint density at radius 2 is 2.03 bits per heavy atom. The monoisotopic (exact) mass is 433 g/mol. The summed E-state index contributed by atoms with van der Waals surface area (Å²) < 4.78 is 4.12. The van der Waals surface area contributed by atoms with Gasteiger partial charge in [0, 0.05) is 17.8 Å². The Hall–Kier alpha value is -2.96. The van der Waals surface area contributed by atoms with Gasteiger partial charge < -0.3 is 5.32 Å². The summed E-state index contributed by atoms with van der Waals surface area (Å²) in [5.74, 6) is 0.617. The van der Waals surface area contributed by atoms with Gasteiger partial charge in [-0.3, -0.25) is 14.6 Å². The van der Waals surface area contributed by atoms with Gasteiger partial charge >= 0.3 is 0 Å². The van der Waals surface area contributed by atoms with Crippen molar-refractivity contribution in [2.75, 3.05) is 0 Å². The summed E-state index contributed by atoms with van der Waals surface area (Å²) in [5, 5.41) is 15.9. The molecule has 5 rings (SSSR count). The van der Waals surface area contributed by atoms with Gasteiger partial charge in [0.2, 0.25) is 6.54 Å². The lowest BCUT2D eigenvalue weighted by Crippen LogP contribution is -2.43. The largest absolute Gasteiger partial charge is 0.348 e. The first-order chi connectivity index (χ1) is 15.6. The molecule has 7 heteroatoms. The zero-order valence-electron chi connectivity index (χ0n) is 19.1. The van der Waals surface area contributed by atoms with Gasteiger partial charge in [0.05, 0.1) is 28.7 Å². The number of aromatic amines is 1. The van der Waals surface area contributed by atoms with Crippen LogP contribution in [0.2, 0.25) is 0 Å². The standard InChI is InChI=1S/C25H32N6O/c1-17-13-18(2)31(29-17)25(19-7-4-3-5-8-19)23-14-22(27-28-23)20-9-6-12-30(15-20)16-24(32)26-21-10-11-21/h6,9,12-15,19,21,25H,3-5,7-8,10-11,16H2,1-2H3,(H-,26,27,28,32)/p+1. The van der Waals surface area contributed by atoms with Crippen molar-refractivity contribution in [3.8, 4) is 11.3 Å². The van der Waals surface area contributed by atoms with Gasteiger partial charge in [-0.2, -0.15) is 14.8 Å². The lowest BCUT2D eigenvalue weighted by atomic mass is 9.82. The van der Waals surface area contributed by atoms with E-state index in [1.54, 1.807) is 0 Å². The second-order valence-corrected chi connectivity index (χ2v) is 9.53. The van der Waals surface area contributed by atoms with Crippen molar-refractivity contribution in [3.05, 3.63) is 53.7 Å². The topological polar surface area (TPSA) is 79.5 Å². The van der Waals surface area contributed by atoms with E-state index in [1.807, 2.05) is 23.0 Å². The van der Waals surface area contributed by atoms with Gasteiger partial charge in [0.25, 0.3) is 5.91 Å². The molecule has 0 aromatic carbocycles. The van der Waals surface area contributed by atoms with Crippen molar-refractivity contribution in [1.29, 1.82) is 0 Å². The number of amides is 1. The number of aromatic nitrogens is 5. The SMILES string of the molecule is Cc1cc(C)n(C(c2cc(-c3ccc[n+](CC(=O)NC4CC4)c3)[nH]n2)C2CCCCC2)n1. The molecule has 168 valence electrons. The van der Waals surface area contributed by atoms with Crippen LogP contribution in [0, 0.1) is 19.8 Å². The van der Waals surface area contributed by atoms with Gasteiger partial charge in [0.1, 0.15) is 0 Å². The molecule has 3 heterocycles. The number of carbonyl (C=O) groups is 1. The van der Waals surface area contributed by atoms with Crippen LogP contribution in [0.3, 0.4) is 0 Å². The summed E-state index contributed by atoms with van der Waals surface area (Å²) in [6, 6.07) is 8.89. The molecule has 2 aliphatic rings. The van der Waals surface area contributed by atoms with Crippen molar-refractivity contribution in [2.24, 2.45) is 5.92 Å². The first-order valence-electron chi connectivity index (χ1n) is 11.9. The van der Waals surface area contributed by atoms with E-state index in [0.717, 1.165) is 35.5 Å². The molecular formula is C25H33N6O+. The lowest BCUT2D eigenvalue weighted by molar-refractivity contribution is -0.684. The lowest BCUT2D eigenvalue weighted by Gasteiger charge is -2.30. The summed E-state index contributed by atoms with van der Waals surface area (Å²) in [6.07, 6.45) is 12.5. The van der Waals surface area contributed by atoms with E-state index in [0.29, 0.717) is 18.5 Å². The van der Waals surface area contributed by atoms with Crippen LogP contribution in [0.25, 0.3) is 11.3 Å². The van der Waals surface area contributed by atoms with Crippen molar-refractivity contribution in [1.82, 2.24) is 25.3 Å². The molecule has 2 fully saturated rings. The summed E-state index contributed by atoms with van der Waals surface area (Å²) in [6.45, 7) is 4.53. The molecule has 2 saturated carbocycles. The van der Waals surface area contributed by atoms with Crippen LogP contribution >= 0.6 is 0 Å². The number of pyridine rings is 1. The fourth-order valence-electron chi connectivity index (χ4n) is 5.03. The molecule has 0 spiro atoms. The Morgan fingerprint density at radius 1 is 1.22 bits per heavy atom. The van der Waals surface area contributed by atoms with E-state index in [-0.39, 0.29) is 11.9 Å². The van der Waals surface area contributed by atoms with E-state index >= 15 is 0 Å². The average Bonchev–Trinajstić information content (AvgIpc) is 3.34. The molecule has 0 aliphatic heterocycles. The van der Waals surface area contributed by atoms with E-state index < -0.39 is 0 Å². The third-order valence-corrected chi connectivity index (χ3v) is 6.74. The third-order valence-electron chi connectivity index (χ3n) is 6.74. The molecule has 0 radical (unpaired) electrons. The minimum Gasteiger partial charge on any atom is -0.348 e. The minimum atomic E-state index is 0.0711. The van der Waals surface area contributed by atoms with Crippen LogP contribution in [0.4, 0.5) is 0 Å². The number of carbonyl (C=O) groups excluding carboxylic acids is 1. The highest BCUT2D eigenvalue weighted by atomic mass is 16.2. The van der Waals surface area contributed by atoms with Crippen LogP contribution in [-0.4, -0.2) is 31.9 Å². The van der Waals surface area contributed by atoms with E-state index in [2.05, 4.69) is 47.1 Å². The number of hydrogen-bond acceptors (Lipinski definition) is 3. The molecule has 7 nitrogen and oxygen atoms in total. The molecule has 3 aromatic rings. The van der Waals surface area contributed by atoms with Gasteiger partial charge in [-0.1, -0.05) is 19.3 Å². The molecule has 0 bridgehead atoms. The summed E-state index contributed by atoms with van der Waals surface area (Å²) in [5.41, 5.74) is 5.27. The number of hydrogen-bond donors (Lipinski definition) is 2. The van der Waals surface area contributed by atoms with E-state index in [9.17, 15) is 4.79 Å². The van der Waals surface area contributed by atoms with E-state index in [1.165, 1.54) is 37.8 Å². The Balaban J connectivity index is 1.41. The third kappa shape index (κ3) is 4.61. The number of aryl methyl sites for hydroxylation is 2. The maximum Gasteiger partial charge on any atom is 0.286 e. The summed E-state index contributed by atoms with van der Waals surface area (Å²) >= 11 is 0. The smallest absolute Gasteiger partial charge is 0.286 e. The Bertz CT molecular complexity index is 1090. The molecule has 32 heavy (non-hydrogen) atoms. The van der Waals surface area contributed by atoms with Gasteiger partial charge in [-0.25, -0.2) is 0 Å². The number of nitrogens with zero attached hydrogens (tertiary/aromatic N) is 4. The fraction of sp³-hybridized carbons (Fsp3) is 0.520. The van der Waals surface area contributed by atoms with Crippen LogP contribution in [-0.2, 0) is 11.3 Å². The van der Waals surface area contributed by atoms with Gasteiger partial charge in [-0.15, -0.1) is 0 Å². The molecule has 1 unspecified atom stereocenters. The molecule has 2 N–H and O–H groups in total. The van der Waals surface area contributed by atoms with Crippen molar-refractivity contribution in [2.45, 2.75) is 77.4 Å². The summed E-state index contributed by atoms with van der Waals surface area (Å²) in [4.78, 5) is 12.2. The molecule has 1 amide bonds. The highest BCUT2D eigenvalue weighted by Crippen LogP contribution is 2.37. The first kappa shape index (κ1) is 20.9. The molecule has 0 saturated heterocycles. The van der Waals surface area contributed by atoms with Crippen LogP contribution in [0.1, 0.15) is 68.1 Å². The van der Waals surface area contributed by atoms with E-state index in [4.69, 9.17) is 10.2 Å².